The molecule has 4 N–H and O–H groups in total. The van der Waals surface area contributed by atoms with Crippen LogP contribution in [0.5, 0.6) is 0 Å². The minimum absolute atomic E-state index is 0. The van der Waals surface area contributed by atoms with Crippen LogP contribution in [0.2, 0.25) is 0 Å². The number of hydrogen-bond acceptors (Lipinski definition) is 4. The van der Waals surface area contributed by atoms with Crippen LogP contribution >= 0.6 is 0 Å². The smallest absolute Gasteiger partial charge is 0.0431 e. The molecule has 0 aliphatic carbocycles. The van der Waals surface area contributed by atoms with E-state index in [1.54, 1.807) is 0 Å². The molecule has 0 fully saturated rings. The van der Waals surface area contributed by atoms with Gasteiger partial charge in [-0.1, -0.05) is 362 Å². The molecule has 0 aromatic rings. The van der Waals surface area contributed by atoms with E-state index in [0.717, 1.165) is 25.7 Å². The van der Waals surface area contributed by atoms with Gasteiger partial charge in [0.1, 0.15) is 0 Å². The summed E-state index contributed by atoms with van der Waals surface area (Å²) in [6.45, 7) is 10.6. The Morgan fingerprint density at radius 2 is 0.203 bits per heavy atom. The van der Waals surface area contributed by atoms with Gasteiger partial charge >= 0.3 is 0 Å². The molecule has 0 spiro atoms. The van der Waals surface area contributed by atoms with Gasteiger partial charge in [-0.25, -0.2) is 0 Å². The maximum Gasteiger partial charge on any atom is 0.0431 e. The van der Waals surface area contributed by atoms with Gasteiger partial charge in [-0.3, -0.25) is 0 Å². The maximum absolute atomic E-state index is 8.64. The number of aliphatic hydroxyl groups is 4. The second-order valence-electron chi connectivity index (χ2n) is 21.3. The molecule has 0 aliphatic rings. The monoisotopic (exact) mass is 1020 g/mol. The molecular formula is C64H136O4Ti. The van der Waals surface area contributed by atoms with Crippen LogP contribution in [0.15, 0.2) is 0 Å². The fourth-order valence-corrected chi connectivity index (χ4v) is 9.23. The number of unbranched alkanes of at least 4 members (excludes halogenated alkanes) is 52. The van der Waals surface area contributed by atoms with Crippen LogP contribution in [0.1, 0.15) is 387 Å². The third-order valence-electron chi connectivity index (χ3n) is 14.0. The van der Waals surface area contributed by atoms with E-state index in [9.17, 15) is 0 Å². The molecule has 0 aliphatic heterocycles. The zero-order chi connectivity index (χ0) is 50.4. The van der Waals surface area contributed by atoms with Gasteiger partial charge in [-0.2, -0.15) is 0 Å². The first kappa shape index (κ1) is 78.4. The first-order chi connectivity index (χ1) is 33.7. The van der Waals surface area contributed by atoms with E-state index in [-0.39, 0.29) is 21.7 Å². The van der Waals surface area contributed by atoms with Crippen LogP contribution in [-0.2, 0) is 21.7 Å². The molecule has 0 atom stereocenters. The predicted octanol–water partition coefficient (Wildman–Crippen LogP) is 21.8. The zero-order valence-electron chi connectivity index (χ0n) is 48.7. The van der Waals surface area contributed by atoms with Crippen molar-refractivity contribution in [3.63, 3.8) is 0 Å². The Balaban J connectivity index is -0.000000263. The zero-order valence-corrected chi connectivity index (χ0v) is 50.3. The van der Waals surface area contributed by atoms with Crippen molar-refractivity contribution in [1.29, 1.82) is 0 Å². The summed E-state index contributed by atoms with van der Waals surface area (Å²) in [7, 11) is 0. The first-order valence-corrected chi connectivity index (χ1v) is 32.1. The third-order valence-corrected chi connectivity index (χ3v) is 14.0. The molecule has 0 aromatic carbocycles. The van der Waals surface area contributed by atoms with Crippen LogP contribution in [0.4, 0.5) is 0 Å². The summed E-state index contributed by atoms with van der Waals surface area (Å²) in [5, 5.41) is 34.6. The van der Waals surface area contributed by atoms with Gasteiger partial charge in [0.25, 0.3) is 0 Å². The first-order valence-electron chi connectivity index (χ1n) is 32.1. The van der Waals surface area contributed by atoms with E-state index in [1.165, 1.54) is 334 Å². The van der Waals surface area contributed by atoms with Crippen LogP contribution < -0.4 is 0 Å². The third kappa shape index (κ3) is 94.9. The molecule has 0 rings (SSSR count). The van der Waals surface area contributed by atoms with Crippen molar-refractivity contribution < 1.29 is 42.1 Å². The molecular weight excluding hydrogens is 881 g/mol. The van der Waals surface area contributed by atoms with Crippen molar-refractivity contribution in [1.82, 2.24) is 0 Å². The minimum atomic E-state index is 0. The Bertz CT molecular complexity index is 562. The molecule has 0 heterocycles. The predicted molar refractivity (Wildman–Crippen MR) is 310 cm³/mol. The van der Waals surface area contributed by atoms with Crippen LogP contribution in [0, 0.1) is 0 Å². The van der Waals surface area contributed by atoms with Crippen LogP contribution in [0.3, 0.4) is 0 Å². The summed E-state index contributed by atoms with van der Waals surface area (Å²) in [5.41, 5.74) is 0. The molecule has 0 saturated heterocycles. The summed E-state index contributed by atoms with van der Waals surface area (Å²) in [4.78, 5) is 0. The molecule has 0 unspecified atom stereocenters. The fraction of sp³-hybridized carbons (Fsp3) is 1.00. The molecule has 0 radical (unpaired) electrons. The Hall–Kier alpha value is 0.554. The minimum Gasteiger partial charge on any atom is -0.396 e. The largest absolute Gasteiger partial charge is 0.396 e. The van der Waals surface area contributed by atoms with Gasteiger partial charge < -0.3 is 20.4 Å². The van der Waals surface area contributed by atoms with Crippen molar-refractivity contribution in [2.24, 2.45) is 0 Å². The Morgan fingerprint density at radius 3 is 0.275 bits per heavy atom. The summed E-state index contributed by atoms with van der Waals surface area (Å²) >= 11 is 0. The summed E-state index contributed by atoms with van der Waals surface area (Å²) in [5.74, 6) is 0. The molecule has 69 heavy (non-hydrogen) atoms. The Labute approximate surface area is 453 Å². The van der Waals surface area contributed by atoms with Crippen molar-refractivity contribution >= 4 is 0 Å². The normalized spacial score (nSPS) is 10.8. The average molecular weight is 1020 g/mol. The second kappa shape index (κ2) is 85.3. The van der Waals surface area contributed by atoms with Gasteiger partial charge in [0.15, 0.2) is 0 Å². The molecule has 0 bridgehead atoms. The number of hydrogen-bond donors (Lipinski definition) is 4. The van der Waals surface area contributed by atoms with E-state index in [4.69, 9.17) is 20.4 Å². The quantitative estimate of drug-likeness (QED) is 0.0361. The fourth-order valence-electron chi connectivity index (χ4n) is 9.23. The van der Waals surface area contributed by atoms with Crippen LogP contribution in [-0.4, -0.2) is 46.9 Å². The topological polar surface area (TPSA) is 80.9 Å². The van der Waals surface area contributed by atoms with E-state index < -0.39 is 0 Å². The Morgan fingerprint density at radius 1 is 0.130 bits per heavy atom. The molecule has 5 heteroatoms. The summed E-state index contributed by atoms with van der Waals surface area (Å²) in [6, 6.07) is 0. The number of rotatable bonds is 56. The molecule has 420 valence electrons. The van der Waals surface area contributed by atoms with Crippen molar-refractivity contribution in [2.75, 3.05) is 26.4 Å². The second-order valence-corrected chi connectivity index (χ2v) is 21.3. The molecule has 0 aromatic heterocycles. The van der Waals surface area contributed by atoms with Gasteiger partial charge in [0, 0.05) is 48.1 Å². The average Bonchev–Trinajstić information content (AvgIpc) is 3.35. The van der Waals surface area contributed by atoms with Crippen molar-refractivity contribution in [3.8, 4) is 0 Å². The van der Waals surface area contributed by atoms with Gasteiger partial charge in [-0.15, -0.1) is 0 Å². The molecule has 0 amide bonds. The maximum atomic E-state index is 8.64. The SMILES string of the molecule is CCCCCCCCCCCCCCCCO.CCCCCCCCCCCCCCCCO.CCCCCCCCCCCCCCCCO.CCCCCCCCCCCCCCCCO.[Ti]. The number of aliphatic hydroxyl groups excluding tert-OH is 4. The Kier molecular flexibility index (Phi) is 97.0. The standard InChI is InChI=1S/4C16H34O.Ti/c4*1-2-3-4-5-6-7-8-9-10-11-12-13-14-15-16-17;/h4*17H,2-16H2,1H3;. The van der Waals surface area contributed by atoms with Crippen molar-refractivity contribution in [3.05, 3.63) is 0 Å². The molecule has 0 saturated carbocycles. The van der Waals surface area contributed by atoms with Crippen molar-refractivity contribution in [2.45, 2.75) is 387 Å². The van der Waals surface area contributed by atoms with Gasteiger partial charge in [0.05, 0.1) is 0 Å². The van der Waals surface area contributed by atoms with E-state index >= 15 is 0 Å². The summed E-state index contributed by atoms with van der Waals surface area (Å²) in [6.07, 6.45) is 76.8. The van der Waals surface area contributed by atoms with Gasteiger partial charge in [-0.05, 0) is 25.7 Å². The van der Waals surface area contributed by atoms with E-state index in [2.05, 4.69) is 27.7 Å². The van der Waals surface area contributed by atoms with Crippen LogP contribution in [0.25, 0.3) is 0 Å². The van der Waals surface area contributed by atoms with E-state index in [0.29, 0.717) is 26.4 Å². The van der Waals surface area contributed by atoms with E-state index in [1.807, 2.05) is 0 Å². The van der Waals surface area contributed by atoms with Gasteiger partial charge in [0.2, 0.25) is 0 Å². The summed E-state index contributed by atoms with van der Waals surface area (Å²) < 4.78 is 0. The molecule has 4 nitrogen and oxygen atoms in total.